The minimum absolute atomic E-state index is 0.467. The number of hydrogen-bond donors (Lipinski definition) is 1. The predicted octanol–water partition coefficient (Wildman–Crippen LogP) is 3.68. The molecule has 0 aliphatic carbocycles. The molecule has 0 heterocycles. The maximum atomic E-state index is 5.75. The fraction of sp³-hybridized carbons (Fsp3) is 0.0769. The van der Waals surface area contributed by atoms with Gasteiger partial charge in [-0.05, 0) is 29.8 Å². The average Bonchev–Trinajstić information content (AvgIpc) is 2.31. The van der Waals surface area contributed by atoms with Crippen LogP contribution in [0.25, 0.3) is 0 Å². The summed E-state index contributed by atoms with van der Waals surface area (Å²) in [7, 11) is 0. The Morgan fingerprint density at radius 1 is 0.875 bits per heavy atom. The molecule has 2 aromatic rings. The highest BCUT2D eigenvalue weighted by Crippen LogP contribution is 2.23. The van der Waals surface area contributed by atoms with Crippen LogP contribution < -0.4 is 10.5 Å². The highest BCUT2D eigenvalue weighted by Gasteiger charge is 2.01. The van der Waals surface area contributed by atoms with Gasteiger partial charge in [-0.3, -0.25) is 0 Å². The smallest absolute Gasteiger partial charge is 0.127 e. The van der Waals surface area contributed by atoms with Crippen molar-refractivity contribution in [2.45, 2.75) is 5.50 Å². The zero-order valence-electron chi connectivity index (χ0n) is 8.64. The second-order valence-corrected chi connectivity index (χ2v) is 3.86. The lowest BCUT2D eigenvalue weighted by atomic mass is 10.2. The van der Waals surface area contributed by atoms with E-state index in [1.807, 2.05) is 54.6 Å². The van der Waals surface area contributed by atoms with Gasteiger partial charge in [-0.25, -0.2) is 0 Å². The van der Waals surface area contributed by atoms with Crippen molar-refractivity contribution in [3.63, 3.8) is 0 Å². The van der Waals surface area contributed by atoms with Gasteiger partial charge in [0.25, 0.3) is 0 Å². The molecule has 82 valence electrons. The Morgan fingerprint density at radius 2 is 1.44 bits per heavy atom. The molecule has 0 aliphatic rings. The fourth-order valence-electron chi connectivity index (χ4n) is 1.34. The Hall–Kier alpha value is -1.51. The Kier molecular flexibility index (Phi) is 3.44. The molecule has 1 atom stereocenters. The first-order valence-electron chi connectivity index (χ1n) is 4.98. The number of halogens is 1. The van der Waals surface area contributed by atoms with Crippen molar-refractivity contribution in [1.82, 2.24) is 0 Å². The summed E-state index contributed by atoms with van der Waals surface area (Å²) >= 11 is 5.75. The second-order valence-electron chi connectivity index (χ2n) is 3.39. The van der Waals surface area contributed by atoms with E-state index in [0.29, 0.717) is 0 Å². The number of alkyl halides is 1. The zero-order valence-corrected chi connectivity index (χ0v) is 9.39. The maximum Gasteiger partial charge on any atom is 0.127 e. The zero-order chi connectivity index (χ0) is 11.4. The maximum absolute atomic E-state index is 5.75. The molecule has 2 rings (SSSR count). The molecule has 1 unspecified atom stereocenters. The Balaban J connectivity index is 2.11. The van der Waals surface area contributed by atoms with Gasteiger partial charge in [-0.2, -0.15) is 0 Å². The molecule has 0 aromatic heterocycles. The van der Waals surface area contributed by atoms with Gasteiger partial charge in [0.2, 0.25) is 0 Å². The number of rotatable bonds is 3. The van der Waals surface area contributed by atoms with E-state index < -0.39 is 5.50 Å². The van der Waals surface area contributed by atoms with E-state index >= 15 is 0 Å². The average molecular weight is 234 g/mol. The summed E-state index contributed by atoms with van der Waals surface area (Å²) in [6, 6.07) is 17.0. The molecule has 0 saturated carbocycles. The summed E-state index contributed by atoms with van der Waals surface area (Å²) in [6.07, 6.45) is 0. The van der Waals surface area contributed by atoms with Crippen molar-refractivity contribution in [2.24, 2.45) is 5.73 Å². The van der Waals surface area contributed by atoms with Crippen LogP contribution in [-0.2, 0) is 0 Å². The summed E-state index contributed by atoms with van der Waals surface area (Å²) in [5.74, 6) is 1.58. The van der Waals surface area contributed by atoms with Gasteiger partial charge in [-0.1, -0.05) is 30.3 Å². The molecule has 0 saturated heterocycles. The van der Waals surface area contributed by atoms with E-state index in [1.54, 1.807) is 0 Å². The summed E-state index contributed by atoms with van der Waals surface area (Å²) in [5.41, 5.74) is 5.95. The number of para-hydroxylation sites is 1. The first-order chi connectivity index (χ1) is 7.75. The van der Waals surface area contributed by atoms with Crippen LogP contribution in [-0.4, -0.2) is 0 Å². The molecular weight excluding hydrogens is 222 g/mol. The molecule has 0 aliphatic heterocycles. The molecule has 2 aromatic carbocycles. The van der Waals surface area contributed by atoms with Gasteiger partial charge in [0.15, 0.2) is 0 Å². The molecule has 0 bridgehead atoms. The lowest BCUT2D eigenvalue weighted by Gasteiger charge is -2.07. The molecule has 16 heavy (non-hydrogen) atoms. The van der Waals surface area contributed by atoms with E-state index in [0.717, 1.165) is 17.1 Å². The van der Waals surface area contributed by atoms with Crippen molar-refractivity contribution >= 4 is 11.6 Å². The van der Waals surface area contributed by atoms with Crippen molar-refractivity contribution in [3.8, 4) is 11.5 Å². The van der Waals surface area contributed by atoms with Gasteiger partial charge >= 0.3 is 0 Å². The SMILES string of the molecule is NC(Cl)c1ccc(Oc2ccccc2)cc1. The van der Waals surface area contributed by atoms with Crippen molar-refractivity contribution in [2.75, 3.05) is 0 Å². The minimum Gasteiger partial charge on any atom is -0.457 e. The highest BCUT2D eigenvalue weighted by molar-refractivity contribution is 6.20. The van der Waals surface area contributed by atoms with Crippen LogP contribution in [0, 0.1) is 0 Å². The normalized spacial score (nSPS) is 12.1. The topological polar surface area (TPSA) is 35.2 Å². The Morgan fingerprint density at radius 3 is 2.00 bits per heavy atom. The largest absolute Gasteiger partial charge is 0.457 e. The standard InChI is InChI=1S/C13H12ClNO/c14-13(15)10-6-8-12(9-7-10)16-11-4-2-1-3-5-11/h1-9,13H,15H2. The Bertz CT molecular complexity index is 439. The first kappa shape index (κ1) is 11.0. The number of nitrogens with two attached hydrogens (primary N) is 1. The van der Waals surface area contributed by atoms with Crippen LogP contribution in [0.1, 0.15) is 11.1 Å². The minimum atomic E-state index is -0.467. The van der Waals surface area contributed by atoms with Gasteiger partial charge in [0, 0.05) is 0 Å². The third-order valence-corrected chi connectivity index (χ3v) is 2.43. The molecule has 0 spiro atoms. The molecule has 0 amide bonds. The molecule has 3 heteroatoms. The van der Waals surface area contributed by atoms with E-state index in [2.05, 4.69) is 0 Å². The second kappa shape index (κ2) is 5.01. The van der Waals surface area contributed by atoms with Crippen molar-refractivity contribution < 1.29 is 4.74 Å². The number of ether oxygens (including phenoxy) is 1. The molecule has 2 N–H and O–H groups in total. The third kappa shape index (κ3) is 2.75. The lowest BCUT2D eigenvalue weighted by molar-refractivity contribution is 0.482. The summed E-state index contributed by atoms with van der Waals surface area (Å²) in [4.78, 5) is 0. The first-order valence-corrected chi connectivity index (χ1v) is 5.42. The Labute approximate surface area is 99.6 Å². The summed E-state index contributed by atoms with van der Waals surface area (Å²) < 4.78 is 5.63. The summed E-state index contributed by atoms with van der Waals surface area (Å²) in [6.45, 7) is 0. The van der Waals surface area contributed by atoms with Crippen LogP contribution in [0.4, 0.5) is 0 Å². The summed E-state index contributed by atoms with van der Waals surface area (Å²) in [5, 5.41) is 0. The number of benzene rings is 2. The van der Waals surface area contributed by atoms with Crippen LogP contribution in [0.5, 0.6) is 11.5 Å². The molecule has 0 radical (unpaired) electrons. The third-order valence-electron chi connectivity index (χ3n) is 2.18. The highest BCUT2D eigenvalue weighted by atomic mass is 35.5. The van der Waals surface area contributed by atoms with Gasteiger partial charge < -0.3 is 10.5 Å². The predicted molar refractivity (Wildman–Crippen MR) is 65.7 cm³/mol. The van der Waals surface area contributed by atoms with E-state index in [4.69, 9.17) is 22.1 Å². The van der Waals surface area contributed by atoms with Crippen LogP contribution >= 0.6 is 11.6 Å². The fourth-order valence-corrected chi connectivity index (χ4v) is 1.49. The van der Waals surface area contributed by atoms with Gasteiger partial charge in [0.05, 0.1) is 0 Å². The number of hydrogen-bond acceptors (Lipinski definition) is 2. The van der Waals surface area contributed by atoms with Crippen LogP contribution in [0.15, 0.2) is 54.6 Å². The van der Waals surface area contributed by atoms with Gasteiger partial charge in [0.1, 0.15) is 17.0 Å². The lowest BCUT2D eigenvalue weighted by Crippen LogP contribution is -2.01. The van der Waals surface area contributed by atoms with Crippen LogP contribution in [0.2, 0.25) is 0 Å². The van der Waals surface area contributed by atoms with Gasteiger partial charge in [-0.15, -0.1) is 11.6 Å². The van der Waals surface area contributed by atoms with E-state index in [1.165, 1.54) is 0 Å². The van der Waals surface area contributed by atoms with E-state index in [-0.39, 0.29) is 0 Å². The monoisotopic (exact) mass is 233 g/mol. The molecular formula is C13H12ClNO. The van der Waals surface area contributed by atoms with Crippen molar-refractivity contribution in [3.05, 3.63) is 60.2 Å². The molecule has 2 nitrogen and oxygen atoms in total. The quantitative estimate of drug-likeness (QED) is 0.649. The van der Waals surface area contributed by atoms with E-state index in [9.17, 15) is 0 Å². The van der Waals surface area contributed by atoms with Crippen LogP contribution in [0.3, 0.4) is 0 Å². The van der Waals surface area contributed by atoms with Crippen molar-refractivity contribution in [1.29, 1.82) is 0 Å². The molecule has 0 fully saturated rings.